The number of carbonyl (C=O) groups is 1. The predicted molar refractivity (Wildman–Crippen MR) is 120 cm³/mol. The number of benzene rings is 1. The highest BCUT2D eigenvalue weighted by Crippen LogP contribution is 2.17. The smallest absolute Gasteiger partial charge is 0.408 e. The lowest BCUT2D eigenvalue weighted by molar-refractivity contribution is 0.0474. The normalized spacial score (nSPS) is 11.9. The van der Waals surface area contributed by atoms with Crippen molar-refractivity contribution in [1.29, 1.82) is 0 Å². The molecule has 0 spiro atoms. The van der Waals surface area contributed by atoms with Gasteiger partial charge in [0.15, 0.2) is 17.5 Å². The van der Waals surface area contributed by atoms with Crippen molar-refractivity contribution in [2.75, 3.05) is 20.7 Å². The second kappa shape index (κ2) is 11.3. The highest BCUT2D eigenvalue weighted by atomic mass is 127. The summed E-state index contributed by atoms with van der Waals surface area (Å²) in [6.07, 6.45) is -0.481. The van der Waals surface area contributed by atoms with E-state index >= 15 is 0 Å². The fourth-order valence-corrected chi connectivity index (χ4v) is 2.16. The quantitative estimate of drug-likeness (QED) is 0.311. The summed E-state index contributed by atoms with van der Waals surface area (Å²) in [5, 5.41) is 9.05. The van der Waals surface area contributed by atoms with E-state index < -0.39 is 23.1 Å². The monoisotopic (exact) mass is 510 g/mol. The molecular formula is C19H32FIN4O3. The van der Waals surface area contributed by atoms with Crippen LogP contribution < -0.4 is 20.7 Å². The molecule has 0 atom stereocenters. The van der Waals surface area contributed by atoms with Crippen LogP contribution in [-0.2, 0) is 11.3 Å². The first kappa shape index (κ1) is 26.2. The van der Waals surface area contributed by atoms with Gasteiger partial charge in [-0.05, 0) is 52.3 Å². The maximum atomic E-state index is 13.7. The molecular weight excluding hydrogens is 478 g/mol. The Morgan fingerprint density at radius 1 is 1.18 bits per heavy atom. The molecule has 1 aromatic rings. The average Bonchev–Trinajstić information content (AvgIpc) is 2.52. The van der Waals surface area contributed by atoms with E-state index in [4.69, 9.17) is 9.47 Å². The molecule has 7 nitrogen and oxygen atoms in total. The minimum atomic E-state index is -0.563. The van der Waals surface area contributed by atoms with Crippen LogP contribution >= 0.6 is 24.0 Å². The molecule has 1 rings (SSSR count). The van der Waals surface area contributed by atoms with Crippen LogP contribution in [0.15, 0.2) is 23.2 Å². The van der Waals surface area contributed by atoms with Gasteiger partial charge in [0.25, 0.3) is 0 Å². The Bertz CT molecular complexity index is 676. The van der Waals surface area contributed by atoms with Gasteiger partial charge < -0.3 is 25.4 Å². The van der Waals surface area contributed by atoms with Crippen molar-refractivity contribution in [1.82, 2.24) is 16.0 Å². The summed E-state index contributed by atoms with van der Waals surface area (Å²) in [7, 11) is 3.06. The summed E-state index contributed by atoms with van der Waals surface area (Å²) < 4.78 is 23.9. The highest BCUT2D eigenvalue weighted by molar-refractivity contribution is 14.0. The Labute approximate surface area is 183 Å². The summed E-state index contributed by atoms with van der Waals surface area (Å²) in [6, 6.07) is 4.76. The summed E-state index contributed by atoms with van der Waals surface area (Å²) in [6.45, 7) is 9.98. The number of alkyl carbamates (subject to hydrolysis) is 1. The first-order chi connectivity index (χ1) is 12.5. The molecule has 0 aliphatic rings. The average molecular weight is 510 g/mol. The van der Waals surface area contributed by atoms with E-state index in [-0.39, 0.29) is 29.7 Å². The molecule has 1 amide bonds. The van der Waals surface area contributed by atoms with Crippen molar-refractivity contribution in [2.45, 2.75) is 52.3 Å². The molecule has 28 heavy (non-hydrogen) atoms. The molecule has 0 unspecified atom stereocenters. The molecule has 0 heterocycles. The van der Waals surface area contributed by atoms with Crippen LogP contribution in [0.4, 0.5) is 9.18 Å². The Kier molecular flexibility index (Phi) is 10.6. The number of carbonyl (C=O) groups excluding carboxylic acids is 1. The molecule has 160 valence electrons. The maximum Gasteiger partial charge on any atom is 0.408 e. The Hall–Kier alpha value is -1.78. The molecule has 3 N–H and O–H groups in total. The van der Waals surface area contributed by atoms with Gasteiger partial charge in [-0.3, -0.25) is 4.99 Å². The summed E-state index contributed by atoms with van der Waals surface area (Å²) in [5.41, 5.74) is -0.368. The van der Waals surface area contributed by atoms with Crippen LogP contribution in [-0.4, -0.2) is 43.9 Å². The van der Waals surface area contributed by atoms with Gasteiger partial charge in [0, 0.05) is 20.1 Å². The van der Waals surface area contributed by atoms with Gasteiger partial charge in [0.2, 0.25) is 0 Å². The van der Waals surface area contributed by atoms with E-state index in [0.29, 0.717) is 19.0 Å². The van der Waals surface area contributed by atoms with Gasteiger partial charge in [-0.25, -0.2) is 9.18 Å². The highest BCUT2D eigenvalue weighted by Gasteiger charge is 2.24. The molecule has 0 fully saturated rings. The van der Waals surface area contributed by atoms with Gasteiger partial charge in [-0.2, -0.15) is 0 Å². The van der Waals surface area contributed by atoms with E-state index in [1.54, 1.807) is 19.2 Å². The number of halogens is 2. The zero-order chi connectivity index (χ0) is 20.7. The van der Waals surface area contributed by atoms with Crippen LogP contribution in [0, 0.1) is 5.82 Å². The minimum Gasteiger partial charge on any atom is -0.494 e. The number of hydrogen-bond donors (Lipinski definition) is 3. The van der Waals surface area contributed by atoms with Gasteiger partial charge in [0.05, 0.1) is 12.6 Å². The number of amides is 1. The first-order valence-corrected chi connectivity index (χ1v) is 8.74. The number of nitrogens with one attached hydrogen (secondary N) is 3. The van der Waals surface area contributed by atoms with Crippen molar-refractivity contribution < 1.29 is 18.7 Å². The lowest BCUT2D eigenvalue weighted by Gasteiger charge is -2.29. The second-order valence-corrected chi connectivity index (χ2v) is 7.76. The lowest BCUT2D eigenvalue weighted by atomic mass is 10.1. The molecule has 0 saturated carbocycles. The SMILES string of the molecule is CN=C(NCc1ccc(OC)c(F)c1)NCC(C)(C)NC(=O)OC(C)(C)C.I. The van der Waals surface area contributed by atoms with E-state index in [1.807, 2.05) is 34.6 Å². The van der Waals surface area contributed by atoms with Crippen LogP contribution in [0.3, 0.4) is 0 Å². The molecule has 0 aliphatic carbocycles. The number of methoxy groups -OCH3 is 1. The number of guanidine groups is 1. The third-order valence-electron chi connectivity index (χ3n) is 3.44. The van der Waals surface area contributed by atoms with Crippen molar-refractivity contribution >= 4 is 36.0 Å². The zero-order valence-electron chi connectivity index (χ0n) is 17.6. The van der Waals surface area contributed by atoms with Crippen molar-refractivity contribution in [3.05, 3.63) is 29.6 Å². The predicted octanol–water partition coefficient (Wildman–Crippen LogP) is 3.42. The molecule has 9 heteroatoms. The molecule has 0 saturated heterocycles. The van der Waals surface area contributed by atoms with E-state index in [1.165, 1.54) is 13.2 Å². The van der Waals surface area contributed by atoms with Crippen LogP contribution in [0.5, 0.6) is 5.75 Å². The Morgan fingerprint density at radius 2 is 1.82 bits per heavy atom. The minimum absolute atomic E-state index is 0. The van der Waals surface area contributed by atoms with Gasteiger partial charge in [0.1, 0.15) is 5.60 Å². The van der Waals surface area contributed by atoms with Crippen LogP contribution in [0.1, 0.15) is 40.2 Å². The van der Waals surface area contributed by atoms with Crippen LogP contribution in [0.25, 0.3) is 0 Å². The first-order valence-electron chi connectivity index (χ1n) is 8.74. The zero-order valence-corrected chi connectivity index (χ0v) is 19.9. The number of hydrogen-bond acceptors (Lipinski definition) is 4. The fraction of sp³-hybridized carbons (Fsp3) is 0.579. The number of rotatable bonds is 6. The Balaban J connectivity index is 0.00000729. The molecule has 0 radical (unpaired) electrons. The molecule has 0 aromatic heterocycles. The number of nitrogens with zero attached hydrogens (tertiary/aromatic N) is 1. The topological polar surface area (TPSA) is 84.0 Å². The summed E-state index contributed by atoms with van der Waals surface area (Å²) in [4.78, 5) is 16.1. The van der Waals surface area contributed by atoms with E-state index in [2.05, 4.69) is 20.9 Å². The van der Waals surface area contributed by atoms with Gasteiger partial charge >= 0.3 is 6.09 Å². The van der Waals surface area contributed by atoms with E-state index in [0.717, 1.165) is 5.56 Å². The number of aliphatic imine (C=N–C) groups is 1. The molecule has 0 bridgehead atoms. The summed E-state index contributed by atoms with van der Waals surface area (Å²) in [5.74, 6) is 0.323. The maximum absolute atomic E-state index is 13.7. The van der Waals surface area contributed by atoms with Gasteiger partial charge in [-0.15, -0.1) is 24.0 Å². The number of ether oxygens (including phenoxy) is 2. The van der Waals surface area contributed by atoms with Crippen molar-refractivity contribution in [3.8, 4) is 5.75 Å². The largest absolute Gasteiger partial charge is 0.494 e. The third kappa shape index (κ3) is 9.95. The van der Waals surface area contributed by atoms with Crippen molar-refractivity contribution in [3.63, 3.8) is 0 Å². The van der Waals surface area contributed by atoms with E-state index in [9.17, 15) is 9.18 Å². The second-order valence-electron chi connectivity index (χ2n) is 7.76. The lowest BCUT2D eigenvalue weighted by Crippen LogP contribution is -2.54. The molecule has 1 aromatic carbocycles. The molecule has 0 aliphatic heterocycles. The van der Waals surface area contributed by atoms with Crippen molar-refractivity contribution in [2.24, 2.45) is 4.99 Å². The third-order valence-corrected chi connectivity index (χ3v) is 3.44. The fourth-order valence-electron chi connectivity index (χ4n) is 2.16. The van der Waals surface area contributed by atoms with Gasteiger partial charge in [-0.1, -0.05) is 6.07 Å². The Morgan fingerprint density at radius 3 is 2.32 bits per heavy atom. The van der Waals surface area contributed by atoms with Crippen LogP contribution in [0.2, 0.25) is 0 Å². The standard InChI is InChI=1S/C19H31FN4O3.HI/c1-18(2,3)27-17(25)24-19(4,5)12-23-16(21-6)22-11-13-8-9-15(26-7)14(20)10-13;/h8-10H,11-12H2,1-7H3,(H,24,25)(H2,21,22,23);1H. The summed E-state index contributed by atoms with van der Waals surface area (Å²) >= 11 is 0.